The Morgan fingerprint density at radius 3 is 2.14 bits per heavy atom. The lowest BCUT2D eigenvalue weighted by Gasteiger charge is -2.35. The highest BCUT2D eigenvalue weighted by atomic mass is 15.3. The summed E-state index contributed by atoms with van der Waals surface area (Å²) in [6.45, 7) is 9.64. The lowest BCUT2D eigenvalue weighted by molar-refractivity contribution is 0.634. The first kappa shape index (κ1) is 19.1. The second kappa shape index (κ2) is 8.86. The molecule has 1 fully saturated rings. The normalized spacial score (nSPS) is 14.1. The van der Waals surface area contributed by atoms with Gasteiger partial charge in [-0.2, -0.15) is 0 Å². The molecule has 0 saturated carbocycles. The van der Waals surface area contributed by atoms with Crippen LogP contribution in [0.15, 0.2) is 54.9 Å². The first-order valence-corrected chi connectivity index (χ1v) is 10.2. The van der Waals surface area contributed by atoms with Crippen LogP contribution in [0.25, 0.3) is 11.4 Å². The predicted molar refractivity (Wildman–Crippen MR) is 117 cm³/mol. The Labute approximate surface area is 172 Å². The van der Waals surface area contributed by atoms with Crippen molar-refractivity contribution in [3.8, 4) is 11.4 Å². The van der Waals surface area contributed by atoms with E-state index in [0.717, 1.165) is 68.2 Å². The molecule has 3 aromatic rings. The highest BCUT2D eigenvalue weighted by Gasteiger charge is 2.21. The Hall–Kier alpha value is -3.22. The lowest BCUT2D eigenvalue weighted by atomic mass is 10.2. The van der Waals surface area contributed by atoms with Gasteiger partial charge in [-0.1, -0.05) is 30.3 Å². The summed E-state index contributed by atoms with van der Waals surface area (Å²) in [6, 6.07) is 14.2. The second-order valence-corrected chi connectivity index (χ2v) is 6.97. The predicted octanol–water partition coefficient (Wildman–Crippen LogP) is 3.11. The van der Waals surface area contributed by atoms with Crippen LogP contribution in [-0.4, -0.2) is 59.2 Å². The molecule has 29 heavy (non-hydrogen) atoms. The number of hydrogen-bond acceptors (Lipinski definition) is 7. The van der Waals surface area contributed by atoms with Gasteiger partial charge in [-0.25, -0.2) is 19.9 Å². The van der Waals surface area contributed by atoms with Crippen LogP contribution in [0, 0.1) is 0 Å². The number of benzene rings is 1. The summed E-state index contributed by atoms with van der Waals surface area (Å²) in [6.07, 6.45) is 3.59. The van der Waals surface area contributed by atoms with Crippen LogP contribution in [0.5, 0.6) is 0 Å². The molecule has 0 unspecified atom stereocenters. The van der Waals surface area contributed by atoms with E-state index in [2.05, 4.69) is 56.7 Å². The molecule has 1 aromatic carbocycles. The van der Waals surface area contributed by atoms with Crippen molar-refractivity contribution in [1.82, 2.24) is 19.9 Å². The zero-order chi connectivity index (χ0) is 20.1. The van der Waals surface area contributed by atoms with Crippen molar-refractivity contribution < 1.29 is 0 Å². The van der Waals surface area contributed by atoms with Gasteiger partial charge in [0.05, 0.1) is 0 Å². The maximum Gasteiger partial charge on any atom is 0.225 e. The van der Waals surface area contributed by atoms with E-state index in [1.54, 1.807) is 12.4 Å². The van der Waals surface area contributed by atoms with Gasteiger partial charge in [0, 0.05) is 63.3 Å². The number of hydrogen-bond donors (Lipinski definition) is 0. The molecule has 4 rings (SSSR count). The van der Waals surface area contributed by atoms with Crippen LogP contribution in [0.4, 0.5) is 17.6 Å². The van der Waals surface area contributed by atoms with Gasteiger partial charge in [-0.05, 0) is 19.9 Å². The minimum atomic E-state index is 0.777. The van der Waals surface area contributed by atoms with E-state index in [4.69, 9.17) is 9.97 Å². The van der Waals surface area contributed by atoms with Gasteiger partial charge in [-0.3, -0.25) is 0 Å². The monoisotopic (exact) mass is 389 g/mol. The molecule has 7 nitrogen and oxygen atoms in total. The first-order chi connectivity index (χ1) is 14.3. The van der Waals surface area contributed by atoms with Crippen LogP contribution < -0.4 is 14.7 Å². The zero-order valence-corrected chi connectivity index (χ0v) is 17.1. The average Bonchev–Trinajstić information content (AvgIpc) is 2.81. The fourth-order valence-electron chi connectivity index (χ4n) is 3.60. The third-order valence-corrected chi connectivity index (χ3v) is 5.26. The van der Waals surface area contributed by atoms with Crippen molar-refractivity contribution >= 4 is 17.6 Å². The summed E-state index contributed by atoms with van der Waals surface area (Å²) in [4.78, 5) is 25.4. The van der Waals surface area contributed by atoms with Crippen molar-refractivity contribution in [2.75, 3.05) is 54.0 Å². The van der Waals surface area contributed by atoms with E-state index < -0.39 is 0 Å². The van der Waals surface area contributed by atoms with Crippen LogP contribution in [0.2, 0.25) is 0 Å². The summed E-state index contributed by atoms with van der Waals surface area (Å²) in [5, 5.41) is 0. The smallest absolute Gasteiger partial charge is 0.225 e. The zero-order valence-electron chi connectivity index (χ0n) is 17.1. The van der Waals surface area contributed by atoms with Gasteiger partial charge >= 0.3 is 0 Å². The quantitative estimate of drug-likeness (QED) is 0.642. The molecule has 0 amide bonds. The molecule has 150 valence electrons. The van der Waals surface area contributed by atoms with Crippen LogP contribution >= 0.6 is 0 Å². The number of rotatable bonds is 6. The third kappa shape index (κ3) is 4.29. The minimum absolute atomic E-state index is 0.777. The van der Waals surface area contributed by atoms with Crippen molar-refractivity contribution in [2.24, 2.45) is 0 Å². The van der Waals surface area contributed by atoms with E-state index in [1.807, 2.05) is 24.3 Å². The van der Waals surface area contributed by atoms with Crippen molar-refractivity contribution in [2.45, 2.75) is 13.8 Å². The van der Waals surface area contributed by atoms with Crippen LogP contribution in [-0.2, 0) is 0 Å². The number of piperazine rings is 1. The van der Waals surface area contributed by atoms with E-state index in [0.29, 0.717) is 0 Å². The molecular weight excluding hydrogens is 362 g/mol. The van der Waals surface area contributed by atoms with Gasteiger partial charge in [0.25, 0.3) is 0 Å². The van der Waals surface area contributed by atoms with E-state index in [1.165, 1.54) is 0 Å². The highest BCUT2D eigenvalue weighted by Crippen LogP contribution is 2.25. The molecule has 7 heteroatoms. The number of nitrogens with zero attached hydrogens (tertiary/aromatic N) is 7. The molecule has 2 aromatic heterocycles. The molecule has 1 aliphatic heterocycles. The summed E-state index contributed by atoms with van der Waals surface area (Å²) >= 11 is 0. The summed E-state index contributed by atoms with van der Waals surface area (Å²) in [7, 11) is 0. The number of aromatic nitrogens is 4. The maximum absolute atomic E-state index is 4.91. The molecule has 0 aliphatic carbocycles. The second-order valence-electron chi connectivity index (χ2n) is 6.97. The molecular formula is C22H27N7. The highest BCUT2D eigenvalue weighted by molar-refractivity contribution is 5.62. The van der Waals surface area contributed by atoms with Gasteiger partial charge in [-0.15, -0.1) is 0 Å². The molecule has 0 atom stereocenters. The first-order valence-electron chi connectivity index (χ1n) is 10.2. The fourth-order valence-corrected chi connectivity index (χ4v) is 3.60. The molecule has 0 radical (unpaired) electrons. The Morgan fingerprint density at radius 1 is 0.828 bits per heavy atom. The largest absolute Gasteiger partial charge is 0.357 e. The van der Waals surface area contributed by atoms with Gasteiger partial charge in [0.1, 0.15) is 11.6 Å². The molecule has 1 aliphatic rings. The minimum Gasteiger partial charge on any atom is -0.357 e. The third-order valence-electron chi connectivity index (χ3n) is 5.26. The molecule has 3 heterocycles. The van der Waals surface area contributed by atoms with Crippen molar-refractivity contribution in [3.05, 3.63) is 54.9 Å². The molecule has 0 bridgehead atoms. The summed E-state index contributed by atoms with van der Waals surface area (Å²) in [5.41, 5.74) is 1.04. The fraction of sp³-hybridized carbons (Fsp3) is 0.364. The Morgan fingerprint density at radius 2 is 1.48 bits per heavy atom. The Bertz CT molecular complexity index is 905. The van der Waals surface area contributed by atoms with E-state index in [-0.39, 0.29) is 0 Å². The van der Waals surface area contributed by atoms with E-state index >= 15 is 0 Å². The van der Waals surface area contributed by atoms with Crippen LogP contribution in [0.3, 0.4) is 0 Å². The summed E-state index contributed by atoms with van der Waals surface area (Å²) < 4.78 is 0. The van der Waals surface area contributed by atoms with Crippen molar-refractivity contribution in [1.29, 1.82) is 0 Å². The van der Waals surface area contributed by atoms with E-state index in [9.17, 15) is 0 Å². The SMILES string of the molecule is CCN(CC)c1cc(N2CCN(c3ncccn3)CC2)nc(-c2ccccc2)n1. The molecule has 1 saturated heterocycles. The Balaban J connectivity index is 1.60. The molecule has 0 spiro atoms. The van der Waals surface area contributed by atoms with Gasteiger partial charge in [0.2, 0.25) is 5.95 Å². The lowest BCUT2D eigenvalue weighted by Crippen LogP contribution is -2.47. The van der Waals surface area contributed by atoms with Crippen LogP contribution in [0.1, 0.15) is 13.8 Å². The number of anilines is 3. The average molecular weight is 390 g/mol. The summed E-state index contributed by atoms with van der Waals surface area (Å²) in [5.74, 6) is 3.53. The Kier molecular flexibility index (Phi) is 5.84. The standard InChI is InChI=1S/C22H27N7/c1-3-27(4-2)19-17-20(26-21(25-19)18-9-6-5-7-10-18)28-13-15-29(16-14-28)22-23-11-8-12-24-22/h5-12,17H,3-4,13-16H2,1-2H3. The van der Waals surface area contributed by atoms with Gasteiger partial charge in [0.15, 0.2) is 5.82 Å². The van der Waals surface area contributed by atoms with Crippen molar-refractivity contribution in [3.63, 3.8) is 0 Å². The molecule has 0 N–H and O–H groups in total. The topological polar surface area (TPSA) is 61.3 Å². The maximum atomic E-state index is 4.91. The van der Waals surface area contributed by atoms with Gasteiger partial charge < -0.3 is 14.7 Å².